The molecule has 1 rings (SSSR count). The van der Waals surface area contributed by atoms with Crippen molar-refractivity contribution in [2.75, 3.05) is 6.61 Å². The first-order valence-corrected chi connectivity index (χ1v) is 6.67. The highest BCUT2D eigenvalue weighted by molar-refractivity contribution is 5.75. The molecule has 19 heavy (non-hydrogen) atoms. The van der Waals surface area contributed by atoms with Gasteiger partial charge in [0.05, 0.1) is 6.61 Å². The Balaban J connectivity index is 0.000000388. The zero-order valence-corrected chi connectivity index (χ0v) is 12.1. The van der Waals surface area contributed by atoms with Crippen molar-refractivity contribution >= 4 is 11.8 Å². The summed E-state index contributed by atoms with van der Waals surface area (Å²) < 4.78 is 4.73. The number of carbonyl (C=O) groups is 2. The molecule has 0 bridgehead atoms. The summed E-state index contributed by atoms with van der Waals surface area (Å²) in [6, 6.07) is 10.3. The lowest BCUT2D eigenvalue weighted by atomic mass is 10.1. The first-order valence-electron chi connectivity index (χ1n) is 6.67. The third kappa shape index (κ3) is 14.3. The van der Waals surface area contributed by atoms with E-state index in [4.69, 9.17) is 4.74 Å². The fourth-order valence-corrected chi connectivity index (χ4v) is 1.40. The maximum atomic E-state index is 10.5. The van der Waals surface area contributed by atoms with E-state index in [-0.39, 0.29) is 11.8 Å². The minimum atomic E-state index is -0.235. The lowest BCUT2D eigenvalue weighted by Crippen LogP contribution is -2.00. The monoisotopic (exact) mass is 264 g/mol. The number of hydrogen-bond acceptors (Lipinski definition) is 3. The van der Waals surface area contributed by atoms with E-state index >= 15 is 0 Å². The molecule has 0 aliphatic rings. The molecule has 0 aliphatic heterocycles. The van der Waals surface area contributed by atoms with Crippen molar-refractivity contribution in [3.05, 3.63) is 35.9 Å². The Morgan fingerprint density at radius 2 is 1.63 bits per heavy atom. The van der Waals surface area contributed by atoms with Crippen molar-refractivity contribution < 1.29 is 14.3 Å². The number of ketones is 1. The topological polar surface area (TPSA) is 43.4 Å². The maximum absolute atomic E-state index is 10.5. The molecule has 0 aliphatic carbocycles. The summed E-state index contributed by atoms with van der Waals surface area (Å²) in [6.45, 7) is 5.55. The number of Topliss-reactive ketones (excluding diaryl/α,β-unsaturated/α-hetero) is 1. The molecule has 3 nitrogen and oxygen atoms in total. The van der Waals surface area contributed by atoms with Crippen LogP contribution < -0.4 is 0 Å². The fourth-order valence-electron chi connectivity index (χ4n) is 1.40. The van der Waals surface area contributed by atoms with Gasteiger partial charge in [-0.2, -0.15) is 0 Å². The summed E-state index contributed by atoms with van der Waals surface area (Å²) >= 11 is 0. The molecule has 1 aromatic rings. The largest absolute Gasteiger partial charge is 0.466 e. The van der Waals surface area contributed by atoms with Crippen LogP contribution in [0.5, 0.6) is 0 Å². The molecule has 3 heteroatoms. The van der Waals surface area contributed by atoms with Crippen LogP contribution in [0.25, 0.3) is 0 Å². The number of ether oxygens (including phenoxy) is 1. The molecule has 0 unspecified atom stereocenters. The summed E-state index contributed by atoms with van der Waals surface area (Å²) in [5.74, 6) is -0.0101. The summed E-state index contributed by atoms with van der Waals surface area (Å²) in [7, 11) is 0. The van der Waals surface area contributed by atoms with E-state index in [1.54, 1.807) is 6.92 Å². The van der Waals surface area contributed by atoms with Crippen molar-refractivity contribution in [3.63, 3.8) is 0 Å². The molecular weight excluding hydrogens is 240 g/mol. The van der Waals surface area contributed by atoms with E-state index in [9.17, 15) is 9.59 Å². The summed E-state index contributed by atoms with van der Waals surface area (Å²) in [5, 5.41) is 0. The Morgan fingerprint density at radius 1 is 1.00 bits per heavy atom. The Bertz CT molecular complexity index is 340. The van der Waals surface area contributed by atoms with E-state index in [0.717, 1.165) is 19.3 Å². The van der Waals surface area contributed by atoms with Gasteiger partial charge in [-0.1, -0.05) is 35.9 Å². The van der Waals surface area contributed by atoms with Crippen LogP contribution in [0.1, 0.15) is 45.1 Å². The Hall–Kier alpha value is -1.64. The van der Waals surface area contributed by atoms with Crippen molar-refractivity contribution in [2.45, 2.75) is 46.5 Å². The predicted molar refractivity (Wildman–Crippen MR) is 77.0 cm³/mol. The van der Waals surface area contributed by atoms with Crippen LogP contribution in [-0.4, -0.2) is 18.4 Å². The van der Waals surface area contributed by atoms with E-state index < -0.39 is 0 Å². The van der Waals surface area contributed by atoms with Gasteiger partial charge in [0.2, 0.25) is 0 Å². The SMILES string of the molecule is CC(=O)CCCCCOC(C)=O.Cc1ccccc1. The smallest absolute Gasteiger partial charge is 0.302 e. The number of rotatable bonds is 6. The molecule has 0 spiro atoms. The zero-order chi connectivity index (χ0) is 14.5. The summed E-state index contributed by atoms with van der Waals surface area (Å²) in [6.07, 6.45) is 3.34. The van der Waals surface area contributed by atoms with Crippen molar-refractivity contribution in [2.24, 2.45) is 0 Å². The van der Waals surface area contributed by atoms with Crippen LogP contribution in [0.15, 0.2) is 30.3 Å². The van der Waals surface area contributed by atoms with Gasteiger partial charge in [0, 0.05) is 13.3 Å². The average molecular weight is 264 g/mol. The van der Waals surface area contributed by atoms with Crippen LogP contribution >= 0.6 is 0 Å². The molecule has 0 amide bonds. The van der Waals surface area contributed by atoms with Crippen LogP contribution in [0.4, 0.5) is 0 Å². The van der Waals surface area contributed by atoms with Gasteiger partial charge in [0.15, 0.2) is 0 Å². The van der Waals surface area contributed by atoms with Crippen molar-refractivity contribution in [3.8, 4) is 0 Å². The van der Waals surface area contributed by atoms with Crippen molar-refractivity contribution in [1.82, 2.24) is 0 Å². The molecule has 0 saturated heterocycles. The zero-order valence-electron chi connectivity index (χ0n) is 12.1. The molecule has 106 valence electrons. The van der Waals surface area contributed by atoms with Crippen molar-refractivity contribution in [1.29, 1.82) is 0 Å². The highest BCUT2D eigenvalue weighted by Crippen LogP contribution is 2.00. The Morgan fingerprint density at radius 3 is 2.05 bits per heavy atom. The third-order valence-corrected chi connectivity index (χ3v) is 2.42. The molecule has 0 N–H and O–H groups in total. The molecule has 0 radical (unpaired) electrons. The van der Waals surface area contributed by atoms with Gasteiger partial charge in [-0.3, -0.25) is 4.79 Å². The third-order valence-electron chi connectivity index (χ3n) is 2.42. The van der Waals surface area contributed by atoms with Crippen LogP contribution in [-0.2, 0) is 14.3 Å². The lowest BCUT2D eigenvalue weighted by Gasteiger charge is -2.00. The molecule has 1 aromatic carbocycles. The average Bonchev–Trinajstić information content (AvgIpc) is 2.35. The molecule has 0 aromatic heterocycles. The molecule has 0 heterocycles. The molecule has 0 fully saturated rings. The van der Waals surface area contributed by atoms with E-state index in [1.165, 1.54) is 12.5 Å². The Labute approximate surface area is 116 Å². The second kappa shape index (κ2) is 11.5. The normalized spacial score (nSPS) is 9.21. The van der Waals surface area contributed by atoms with Crippen LogP contribution in [0.3, 0.4) is 0 Å². The highest BCUT2D eigenvalue weighted by atomic mass is 16.5. The maximum Gasteiger partial charge on any atom is 0.302 e. The van der Waals surface area contributed by atoms with Crippen LogP contribution in [0, 0.1) is 6.92 Å². The van der Waals surface area contributed by atoms with Gasteiger partial charge in [-0.05, 0) is 33.1 Å². The second-order valence-electron chi connectivity index (χ2n) is 4.51. The molecule has 0 saturated carbocycles. The van der Waals surface area contributed by atoms with Gasteiger partial charge < -0.3 is 9.53 Å². The minimum Gasteiger partial charge on any atom is -0.466 e. The lowest BCUT2D eigenvalue weighted by molar-refractivity contribution is -0.141. The minimum absolute atomic E-state index is 0.225. The second-order valence-corrected chi connectivity index (χ2v) is 4.51. The van der Waals surface area contributed by atoms with Gasteiger partial charge >= 0.3 is 5.97 Å². The quantitative estimate of drug-likeness (QED) is 0.581. The number of esters is 1. The molecule has 0 atom stereocenters. The number of aryl methyl sites for hydroxylation is 1. The van der Waals surface area contributed by atoms with E-state index in [0.29, 0.717) is 13.0 Å². The highest BCUT2D eigenvalue weighted by Gasteiger charge is 1.95. The summed E-state index contributed by atoms with van der Waals surface area (Å²) in [5.41, 5.74) is 1.32. The first-order chi connectivity index (χ1) is 9.02. The number of hydrogen-bond donors (Lipinski definition) is 0. The number of carbonyl (C=O) groups excluding carboxylic acids is 2. The fraction of sp³-hybridized carbons (Fsp3) is 0.500. The molecular formula is C16H24O3. The number of unbranched alkanes of at least 4 members (excludes halogenated alkanes) is 2. The summed E-state index contributed by atoms with van der Waals surface area (Å²) in [4.78, 5) is 20.8. The van der Waals surface area contributed by atoms with Gasteiger partial charge in [0.25, 0.3) is 0 Å². The predicted octanol–water partition coefficient (Wildman–Crippen LogP) is 3.69. The number of benzene rings is 1. The van der Waals surface area contributed by atoms with Gasteiger partial charge in [-0.15, -0.1) is 0 Å². The van der Waals surface area contributed by atoms with Gasteiger partial charge in [-0.25, -0.2) is 0 Å². The first kappa shape index (κ1) is 17.4. The van der Waals surface area contributed by atoms with Crippen LogP contribution in [0.2, 0.25) is 0 Å². The Kier molecular flexibility index (Phi) is 10.5. The van der Waals surface area contributed by atoms with E-state index in [2.05, 4.69) is 19.1 Å². The standard InChI is InChI=1S/C9H16O3.C7H8/c1-8(10)6-4-3-5-7-12-9(2)11;1-7-5-3-2-4-6-7/h3-7H2,1-2H3;2-6H,1H3. The van der Waals surface area contributed by atoms with Gasteiger partial charge in [0.1, 0.15) is 5.78 Å². The van der Waals surface area contributed by atoms with E-state index in [1.807, 2.05) is 18.2 Å².